The van der Waals surface area contributed by atoms with Gasteiger partial charge in [-0.25, -0.2) is 4.79 Å². The molecule has 0 aromatic carbocycles. The summed E-state index contributed by atoms with van der Waals surface area (Å²) in [5.74, 6) is -1.26. The number of urea groups is 1. The van der Waals surface area contributed by atoms with Gasteiger partial charge in [-0.2, -0.15) is 13.2 Å². The Labute approximate surface area is 108 Å². The molecule has 0 heterocycles. The van der Waals surface area contributed by atoms with Crippen LogP contribution in [0.5, 0.6) is 0 Å². The van der Waals surface area contributed by atoms with E-state index in [1.165, 1.54) is 0 Å². The fraction of sp³-hybridized carbons (Fsp3) is 0.818. The number of nitrogens with one attached hydrogen (secondary N) is 1. The van der Waals surface area contributed by atoms with Crippen molar-refractivity contribution in [2.45, 2.75) is 50.9 Å². The summed E-state index contributed by atoms with van der Waals surface area (Å²) in [6.07, 6.45) is -4.37. The van der Waals surface area contributed by atoms with Crippen LogP contribution in [0.15, 0.2) is 0 Å². The van der Waals surface area contributed by atoms with E-state index in [0.29, 0.717) is 6.42 Å². The third kappa shape index (κ3) is 3.51. The van der Waals surface area contributed by atoms with E-state index in [4.69, 9.17) is 5.11 Å². The van der Waals surface area contributed by atoms with E-state index in [1.807, 2.05) is 5.32 Å². The third-order valence-corrected chi connectivity index (χ3v) is 3.33. The fourth-order valence-electron chi connectivity index (χ4n) is 1.67. The van der Waals surface area contributed by atoms with Crippen LogP contribution in [-0.2, 0) is 4.79 Å². The second-order valence-corrected chi connectivity index (χ2v) is 4.79. The highest BCUT2D eigenvalue weighted by atomic mass is 19.4. The van der Waals surface area contributed by atoms with E-state index in [1.54, 1.807) is 13.8 Å². The molecule has 1 fully saturated rings. The lowest BCUT2D eigenvalue weighted by Crippen LogP contribution is -2.55. The zero-order valence-corrected chi connectivity index (χ0v) is 10.8. The Bertz CT molecular complexity index is 367. The Morgan fingerprint density at radius 1 is 1.42 bits per heavy atom. The maximum absolute atomic E-state index is 12.7. The number of alkyl halides is 3. The number of carbonyl (C=O) groups excluding carboxylic acids is 1. The first-order chi connectivity index (χ1) is 8.63. The summed E-state index contributed by atoms with van der Waals surface area (Å²) in [6.45, 7) is 2.70. The van der Waals surface area contributed by atoms with Crippen molar-refractivity contribution in [3.63, 3.8) is 0 Å². The van der Waals surface area contributed by atoms with Crippen LogP contribution in [0, 0.1) is 0 Å². The molecular formula is C11H17F3N2O3. The SMILES string of the molecule is CCC(C)N(CC(=O)O)C(=O)NC1(C(F)(F)F)CC1. The predicted molar refractivity (Wildman–Crippen MR) is 60.6 cm³/mol. The van der Waals surface area contributed by atoms with Crippen LogP contribution in [0.2, 0.25) is 0 Å². The molecule has 1 rings (SSSR count). The van der Waals surface area contributed by atoms with Crippen molar-refractivity contribution in [1.82, 2.24) is 10.2 Å². The third-order valence-electron chi connectivity index (χ3n) is 3.33. The molecule has 19 heavy (non-hydrogen) atoms. The first-order valence-electron chi connectivity index (χ1n) is 6.00. The standard InChI is InChI=1S/C11H17F3N2O3/c1-3-7(2)16(6-8(17)18)9(19)15-10(4-5-10)11(12,13)14/h7H,3-6H2,1-2H3,(H,15,19)(H,17,18). The van der Waals surface area contributed by atoms with Crippen LogP contribution in [0.4, 0.5) is 18.0 Å². The van der Waals surface area contributed by atoms with E-state index >= 15 is 0 Å². The van der Waals surface area contributed by atoms with Crippen LogP contribution in [0.3, 0.4) is 0 Å². The Hall–Kier alpha value is -1.47. The highest BCUT2D eigenvalue weighted by molar-refractivity contribution is 5.81. The van der Waals surface area contributed by atoms with E-state index in [-0.39, 0.29) is 12.8 Å². The molecule has 1 saturated carbocycles. The van der Waals surface area contributed by atoms with Crippen LogP contribution < -0.4 is 5.32 Å². The van der Waals surface area contributed by atoms with Gasteiger partial charge in [-0.3, -0.25) is 4.79 Å². The van der Waals surface area contributed by atoms with Crippen LogP contribution >= 0.6 is 0 Å². The second kappa shape index (κ2) is 5.26. The molecule has 0 saturated heterocycles. The molecule has 1 unspecified atom stereocenters. The average molecular weight is 282 g/mol. The van der Waals surface area contributed by atoms with Gasteiger partial charge in [0.15, 0.2) is 0 Å². The number of hydrogen-bond acceptors (Lipinski definition) is 2. The smallest absolute Gasteiger partial charge is 0.411 e. The molecule has 5 nitrogen and oxygen atoms in total. The quantitative estimate of drug-likeness (QED) is 0.810. The van der Waals surface area contributed by atoms with E-state index in [0.717, 1.165) is 4.90 Å². The maximum Gasteiger partial charge on any atom is 0.411 e. The highest BCUT2D eigenvalue weighted by Gasteiger charge is 2.64. The molecule has 2 N–H and O–H groups in total. The molecular weight excluding hydrogens is 265 g/mol. The summed E-state index contributed by atoms with van der Waals surface area (Å²) in [5.41, 5.74) is -2.17. The number of carboxylic acid groups (broad SMARTS) is 1. The van der Waals surface area contributed by atoms with Gasteiger partial charge in [-0.15, -0.1) is 0 Å². The molecule has 0 aromatic rings. The van der Waals surface area contributed by atoms with Gasteiger partial charge in [0.1, 0.15) is 12.1 Å². The maximum atomic E-state index is 12.7. The monoisotopic (exact) mass is 282 g/mol. The van der Waals surface area contributed by atoms with Gasteiger partial charge in [0.2, 0.25) is 0 Å². The largest absolute Gasteiger partial charge is 0.480 e. The Kier molecular flexibility index (Phi) is 4.32. The van der Waals surface area contributed by atoms with Crippen molar-refractivity contribution in [1.29, 1.82) is 0 Å². The average Bonchev–Trinajstić information content (AvgIpc) is 3.04. The van der Waals surface area contributed by atoms with E-state index in [2.05, 4.69) is 0 Å². The van der Waals surface area contributed by atoms with Crippen LogP contribution in [0.25, 0.3) is 0 Å². The number of nitrogens with zero attached hydrogens (tertiary/aromatic N) is 1. The van der Waals surface area contributed by atoms with Gasteiger partial charge in [0, 0.05) is 6.04 Å². The van der Waals surface area contributed by atoms with Crippen molar-refractivity contribution in [2.75, 3.05) is 6.54 Å². The molecule has 0 bridgehead atoms. The van der Waals surface area contributed by atoms with Crippen molar-refractivity contribution in [3.8, 4) is 0 Å². The molecule has 0 radical (unpaired) electrons. The molecule has 0 aromatic heterocycles. The van der Waals surface area contributed by atoms with Crippen molar-refractivity contribution in [3.05, 3.63) is 0 Å². The zero-order valence-electron chi connectivity index (χ0n) is 10.8. The Balaban J connectivity index is 2.75. The number of carboxylic acids is 1. The molecule has 110 valence electrons. The summed E-state index contributed by atoms with van der Waals surface area (Å²) in [6, 6.07) is -1.42. The highest BCUT2D eigenvalue weighted by Crippen LogP contribution is 2.49. The topological polar surface area (TPSA) is 69.6 Å². The van der Waals surface area contributed by atoms with E-state index in [9.17, 15) is 22.8 Å². The number of hydrogen-bond donors (Lipinski definition) is 2. The molecule has 0 spiro atoms. The summed E-state index contributed by atoms with van der Waals surface area (Å²) < 4.78 is 38.1. The molecule has 0 aliphatic heterocycles. The lowest BCUT2D eigenvalue weighted by atomic mass is 10.2. The minimum atomic E-state index is -4.51. The lowest BCUT2D eigenvalue weighted by Gasteiger charge is -2.30. The Morgan fingerprint density at radius 2 is 1.95 bits per heavy atom. The minimum absolute atomic E-state index is 0.163. The molecule has 1 aliphatic rings. The number of amides is 2. The van der Waals surface area contributed by atoms with Gasteiger partial charge in [-0.05, 0) is 26.2 Å². The normalized spacial score (nSPS) is 18.6. The van der Waals surface area contributed by atoms with Gasteiger partial charge >= 0.3 is 18.2 Å². The van der Waals surface area contributed by atoms with Crippen molar-refractivity contribution < 1.29 is 27.9 Å². The molecule has 1 atom stereocenters. The molecule has 2 amide bonds. The van der Waals surface area contributed by atoms with Crippen LogP contribution in [-0.4, -0.2) is 46.3 Å². The number of rotatable bonds is 5. The van der Waals surface area contributed by atoms with Crippen molar-refractivity contribution in [2.24, 2.45) is 0 Å². The van der Waals surface area contributed by atoms with Gasteiger partial charge < -0.3 is 15.3 Å². The van der Waals surface area contributed by atoms with Crippen molar-refractivity contribution >= 4 is 12.0 Å². The van der Waals surface area contributed by atoms with Gasteiger partial charge in [0.25, 0.3) is 0 Å². The zero-order chi connectivity index (χ0) is 14.8. The van der Waals surface area contributed by atoms with Gasteiger partial charge in [-0.1, -0.05) is 6.92 Å². The van der Waals surface area contributed by atoms with Gasteiger partial charge in [0.05, 0.1) is 0 Å². The first-order valence-corrected chi connectivity index (χ1v) is 6.00. The fourth-order valence-corrected chi connectivity index (χ4v) is 1.67. The minimum Gasteiger partial charge on any atom is -0.480 e. The lowest BCUT2D eigenvalue weighted by molar-refractivity contribution is -0.163. The number of halogens is 3. The summed E-state index contributed by atoms with van der Waals surface area (Å²) in [5, 5.41) is 10.6. The molecule has 1 aliphatic carbocycles. The Morgan fingerprint density at radius 3 is 2.26 bits per heavy atom. The molecule has 8 heteroatoms. The second-order valence-electron chi connectivity index (χ2n) is 4.79. The summed E-state index contributed by atoms with van der Waals surface area (Å²) >= 11 is 0. The van der Waals surface area contributed by atoms with E-state index < -0.39 is 36.3 Å². The number of aliphatic carboxylic acids is 1. The summed E-state index contributed by atoms with van der Waals surface area (Å²) in [7, 11) is 0. The predicted octanol–water partition coefficient (Wildman–Crippen LogP) is 1.98. The summed E-state index contributed by atoms with van der Waals surface area (Å²) in [4.78, 5) is 23.4. The number of carbonyl (C=O) groups is 2. The van der Waals surface area contributed by atoms with Crippen LogP contribution in [0.1, 0.15) is 33.1 Å². The first kappa shape index (κ1) is 15.6.